The molecule has 0 unspecified atom stereocenters. The Kier molecular flexibility index (Phi) is 5.34. The number of para-hydroxylation sites is 2. The van der Waals surface area contributed by atoms with Gasteiger partial charge in [0.15, 0.2) is 0 Å². The summed E-state index contributed by atoms with van der Waals surface area (Å²) in [6.45, 7) is 4.89. The smallest absolute Gasteiger partial charge is 0.326 e. The summed E-state index contributed by atoms with van der Waals surface area (Å²) in [6.07, 6.45) is 1.34. The van der Waals surface area contributed by atoms with E-state index in [0.29, 0.717) is 19.6 Å². The van der Waals surface area contributed by atoms with Crippen molar-refractivity contribution in [2.75, 3.05) is 18.1 Å². The highest BCUT2D eigenvalue weighted by Crippen LogP contribution is 2.33. The molecule has 1 aliphatic rings. The fourth-order valence-corrected chi connectivity index (χ4v) is 3.95. The summed E-state index contributed by atoms with van der Waals surface area (Å²) in [5.41, 5.74) is 3.86. The maximum atomic E-state index is 12.8. The number of benzene rings is 2. The summed E-state index contributed by atoms with van der Waals surface area (Å²) in [4.78, 5) is 31.5. The Morgan fingerprint density at radius 2 is 1.90 bits per heavy atom. The van der Waals surface area contributed by atoms with Crippen LogP contribution in [-0.2, 0) is 27.3 Å². The quantitative estimate of drug-likeness (QED) is 0.601. The Labute approximate surface area is 170 Å². The van der Waals surface area contributed by atoms with Crippen LogP contribution in [-0.4, -0.2) is 34.6 Å². The van der Waals surface area contributed by atoms with Crippen molar-refractivity contribution in [3.8, 4) is 0 Å². The largest absolute Gasteiger partial charge is 0.465 e. The zero-order valence-electron chi connectivity index (χ0n) is 16.8. The van der Waals surface area contributed by atoms with Crippen LogP contribution < -0.4 is 4.90 Å². The summed E-state index contributed by atoms with van der Waals surface area (Å²) < 4.78 is 7.05. The van der Waals surface area contributed by atoms with Crippen molar-refractivity contribution < 1.29 is 14.3 Å². The van der Waals surface area contributed by atoms with Gasteiger partial charge in [-0.05, 0) is 43.2 Å². The highest BCUT2D eigenvalue weighted by molar-refractivity contribution is 5.96. The number of aromatic nitrogens is 2. The van der Waals surface area contributed by atoms with E-state index in [0.717, 1.165) is 29.0 Å². The van der Waals surface area contributed by atoms with Gasteiger partial charge in [-0.2, -0.15) is 0 Å². The molecule has 1 fully saturated rings. The van der Waals surface area contributed by atoms with E-state index in [4.69, 9.17) is 9.72 Å². The zero-order valence-corrected chi connectivity index (χ0v) is 16.8. The lowest BCUT2D eigenvalue weighted by Gasteiger charge is -2.17. The number of carbonyl (C=O) groups is 2. The molecular weight excluding hydrogens is 366 g/mol. The lowest BCUT2D eigenvalue weighted by Crippen LogP contribution is -2.24. The van der Waals surface area contributed by atoms with Crippen LogP contribution in [0.3, 0.4) is 0 Å². The van der Waals surface area contributed by atoms with Crippen molar-refractivity contribution in [2.24, 2.45) is 0 Å². The Bertz CT molecular complexity index is 1040. The Balaban J connectivity index is 1.65. The summed E-state index contributed by atoms with van der Waals surface area (Å²) in [5, 5.41) is 0. The molecule has 2 heterocycles. The molecule has 150 valence electrons. The molecule has 1 aliphatic heterocycles. The molecule has 2 aromatic carbocycles. The lowest BCUT2D eigenvalue weighted by atomic mass is 10.1. The Morgan fingerprint density at radius 1 is 1.14 bits per heavy atom. The number of esters is 1. The van der Waals surface area contributed by atoms with Gasteiger partial charge in [-0.25, -0.2) is 4.98 Å². The first-order valence-electron chi connectivity index (χ1n) is 10.1. The van der Waals surface area contributed by atoms with Crippen LogP contribution in [0.2, 0.25) is 0 Å². The van der Waals surface area contributed by atoms with Gasteiger partial charge in [-0.1, -0.05) is 31.2 Å². The lowest BCUT2D eigenvalue weighted by molar-refractivity contribution is -0.143. The number of amides is 1. The SMILES string of the molecule is CCOC(=O)Cn1c([C@H]2CC(=O)N(c3ccc(CC)cc3)C2)nc2ccccc21. The van der Waals surface area contributed by atoms with E-state index in [1.54, 1.807) is 6.92 Å². The molecule has 0 spiro atoms. The first-order valence-corrected chi connectivity index (χ1v) is 10.1. The second kappa shape index (κ2) is 8.07. The highest BCUT2D eigenvalue weighted by atomic mass is 16.5. The Hall–Kier alpha value is -3.15. The maximum absolute atomic E-state index is 12.8. The Morgan fingerprint density at radius 3 is 2.62 bits per heavy atom. The molecular formula is C23H25N3O3. The average molecular weight is 391 g/mol. The number of carbonyl (C=O) groups excluding carboxylic acids is 2. The van der Waals surface area contributed by atoms with E-state index in [1.807, 2.05) is 45.9 Å². The average Bonchev–Trinajstić information content (AvgIpc) is 3.29. The molecule has 0 N–H and O–H groups in total. The minimum atomic E-state index is -0.298. The summed E-state index contributed by atoms with van der Waals surface area (Å²) >= 11 is 0. The van der Waals surface area contributed by atoms with Gasteiger partial charge in [-0.15, -0.1) is 0 Å². The third-order valence-electron chi connectivity index (χ3n) is 5.42. The van der Waals surface area contributed by atoms with Crippen molar-refractivity contribution >= 4 is 28.6 Å². The highest BCUT2D eigenvalue weighted by Gasteiger charge is 2.35. The fraction of sp³-hybridized carbons (Fsp3) is 0.348. The van der Waals surface area contributed by atoms with E-state index in [9.17, 15) is 9.59 Å². The zero-order chi connectivity index (χ0) is 20.4. The van der Waals surface area contributed by atoms with Crippen LogP contribution in [0.1, 0.15) is 37.6 Å². The van der Waals surface area contributed by atoms with E-state index >= 15 is 0 Å². The maximum Gasteiger partial charge on any atom is 0.326 e. The standard InChI is InChI=1S/C23H25N3O3/c1-3-16-9-11-18(12-10-16)25-14-17(13-21(25)27)23-24-19-7-5-6-8-20(19)26(23)15-22(28)29-4-2/h5-12,17H,3-4,13-15H2,1-2H3/t17-/m0/s1. The van der Waals surface area contributed by atoms with Gasteiger partial charge >= 0.3 is 5.97 Å². The predicted octanol–water partition coefficient (Wildman–Crippen LogP) is 3.68. The number of rotatable bonds is 6. The molecule has 3 aromatic rings. The first-order chi connectivity index (χ1) is 14.1. The van der Waals surface area contributed by atoms with Gasteiger partial charge in [0.05, 0.1) is 17.6 Å². The van der Waals surface area contributed by atoms with Crippen molar-refractivity contribution in [1.82, 2.24) is 9.55 Å². The van der Waals surface area contributed by atoms with E-state index < -0.39 is 0 Å². The monoisotopic (exact) mass is 391 g/mol. The van der Waals surface area contributed by atoms with Crippen molar-refractivity contribution in [2.45, 2.75) is 39.2 Å². The van der Waals surface area contributed by atoms with E-state index in [-0.39, 0.29) is 24.3 Å². The van der Waals surface area contributed by atoms with Crippen LogP contribution in [0.25, 0.3) is 11.0 Å². The molecule has 4 rings (SSSR count). The minimum Gasteiger partial charge on any atom is -0.465 e. The van der Waals surface area contributed by atoms with Gasteiger partial charge in [0, 0.05) is 24.6 Å². The predicted molar refractivity (Wildman–Crippen MR) is 112 cm³/mol. The van der Waals surface area contributed by atoms with Gasteiger partial charge < -0.3 is 14.2 Å². The topological polar surface area (TPSA) is 64.4 Å². The molecule has 0 radical (unpaired) electrons. The van der Waals surface area contributed by atoms with E-state index in [1.165, 1.54) is 5.56 Å². The summed E-state index contributed by atoms with van der Waals surface area (Å²) in [7, 11) is 0. The summed E-state index contributed by atoms with van der Waals surface area (Å²) in [5.74, 6) is 0.470. The van der Waals surface area contributed by atoms with Gasteiger partial charge in [-0.3, -0.25) is 9.59 Å². The molecule has 1 aromatic heterocycles. The van der Waals surface area contributed by atoms with Crippen LogP contribution in [0, 0.1) is 0 Å². The molecule has 1 saturated heterocycles. The number of hydrogen-bond acceptors (Lipinski definition) is 4. The van der Waals surface area contributed by atoms with Crippen LogP contribution in [0.5, 0.6) is 0 Å². The molecule has 0 saturated carbocycles. The second-order valence-corrected chi connectivity index (χ2v) is 7.28. The first kappa shape index (κ1) is 19.2. The molecule has 0 bridgehead atoms. The second-order valence-electron chi connectivity index (χ2n) is 7.28. The molecule has 29 heavy (non-hydrogen) atoms. The van der Waals surface area contributed by atoms with Crippen molar-refractivity contribution in [3.63, 3.8) is 0 Å². The van der Waals surface area contributed by atoms with Crippen molar-refractivity contribution in [1.29, 1.82) is 0 Å². The molecule has 0 aliphatic carbocycles. The number of fused-ring (bicyclic) bond motifs is 1. The molecule has 1 amide bonds. The molecule has 1 atom stereocenters. The number of aryl methyl sites for hydroxylation is 1. The minimum absolute atomic E-state index is 0.0739. The van der Waals surface area contributed by atoms with Crippen molar-refractivity contribution in [3.05, 3.63) is 59.9 Å². The molecule has 6 heteroatoms. The van der Waals surface area contributed by atoms with Crippen LogP contribution in [0.4, 0.5) is 5.69 Å². The van der Waals surface area contributed by atoms with Gasteiger partial charge in [0.2, 0.25) is 5.91 Å². The number of ether oxygens (including phenoxy) is 1. The number of imidazole rings is 1. The van der Waals surface area contributed by atoms with Crippen LogP contribution in [0.15, 0.2) is 48.5 Å². The molecule has 6 nitrogen and oxygen atoms in total. The number of anilines is 1. The summed E-state index contributed by atoms with van der Waals surface area (Å²) in [6, 6.07) is 15.9. The third kappa shape index (κ3) is 3.75. The van der Waals surface area contributed by atoms with E-state index in [2.05, 4.69) is 19.1 Å². The van der Waals surface area contributed by atoms with Crippen LogP contribution >= 0.6 is 0 Å². The fourth-order valence-electron chi connectivity index (χ4n) is 3.95. The third-order valence-corrected chi connectivity index (χ3v) is 5.42. The number of hydrogen-bond donors (Lipinski definition) is 0. The normalized spacial score (nSPS) is 16.6. The van der Waals surface area contributed by atoms with Gasteiger partial charge in [0.25, 0.3) is 0 Å². The van der Waals surface area contributed by atoms with Gasteiger partial charge in [0.1, 0.15) is 12.4 Å². The number of nitrogens with zero attached hydrogens (tertiary/aromatic N) is 3.